The largest absolute Gasteiger partial charge is 0.465 e. The molecule has 1 N–H and O–H groups in total. The maximum atomic E-state index is 11.1. The van der Waals surface area contributed by atoms with Gasteiger partial charge in [-0.1, -0.05) is 18.2 Å². The van der Waals surface area contributed by atoms with Gasteiger partial charge in [0.1, 0.15) is 11.5 Å². The molecule has 1 unspecified atom stereocenters. The minimum Gasteiger partial charge on any atom is -0.465 e. The molecule has 1 atom stereocenters. The minimum absolute atomic E-state index is 0.0837. The first kappa shape index (κ1) is 17.6. The molecule has 1 fully saturated rings. The fourth-order valence-electron chi connectivity index (χ4n) is 3.11. The maximum absolute atomic E-state index is 11.1. The van der Waals surface area contributed by atoms with Crippen LogP contribution in [0.15, 0.2) is 40.8 Å². The van der Waals surface area contributed by atoms with Crippen LogP contribution in [0, 0.1) is 17.0 Å². The highest BCUT2D eigenvalue weighted by atomic mass is 16.6. The van der Waals surface area contributed by atoms with Gasteiger partial charge < -0.3 is 14.5 Å². The molecule has 2 aromatic rings. The molecule has 0 amide bonds. The predicted molar refractivity (Wildman–Crippen MR) is 93.4 cm³/mol. The lowest BCUT2D eigenvalue weighted by Crippen LogP contribution is -2.42. The SMILES string of the molecule is Cc1ccc(C(CNCc2ccccc2[N+](=O)[O-])N2CCOCC2)o1. The third-order valence-electron chi connectivity index (χ3n) is 4.42. The summed E-state index contributed by atoms with van der Waals surface area (Å²) in [7, 11) is 0. The molecule has 3 rings (SSSR count). The van der Waals surface area contributed by atoms with Crippen LogP contribution in [-0.4, -0.2) is 42.7 Å². The van der Waals surface area contributed by atoms with Gasteiger partial charge in [-0.2, -0.15) is 0 Å². The molecule has 134 valence electrons. The molecule has 0 saturated carbocycles. The minimum atomic E-state index is -0.341. The van der Waals surface area contributed by atoms with E-state index in [2.05, 4.69) is 10.2 Å². The second kappa shape index (κ2) is 8.24. The maximum Gasteiger partial charge on any atom is 0.273 e. The number of benzene rings is 1. The van der Waals surface area contributed by atoms with E-state index in [0.717, 1.165) is 24.6 Å². The molecule has 0 aliphatic carbocycles. The lowest BCUT2D eigenvalue weighted by atomic mass is 10.1. The third kappa shape index (κ3) is 4.45. The lowest BCUT2D eigenvalue weighted by molar-refractivity contribution is -0.385. The summed E-state index contributed by atoms with van der Waals surface area (Å²) in [6, 6.07) is 10.9. The average Bonchev–Trinajstić information content (AvgIpc) is 3.05. The summed E-state index contributed by atoms with van der Waals surface area (Å²) in [4.78, 5) is 13.1. The van der Waals surface area contributed by atoms with Gasteiger partial charge in [0, 0.05) is 37.8 Å². The van der Waals surface area contributed by atoms with Crippen LogP contribution in [0.4, 0.5) is 5.69 Å². The Bertz CT molecular complexity index is 710. The van der Waals surface area contributed by atoms with Gasteiger partial charge in [0.25, 0.3) is 5.69 Å². The first-order valence-corrected chi connectivity index (χ1v) is 8.46. The van der Waals surface area contributed by atoms with E-state index < -0.39 is 0 Å². The highest BCUT2D eigenvalue weighted by Gasteiger charge is 2.25. The number of nitrogens with zero attached hydrogens (tertiary/aromatic N) is 2. The number of aryl methyl sites for hydroxylation is 1. The Morgan fingerprint density at radius 1 is 1.24 bits per heavy atom. The summed E-state index contributed by atoms with van der Waals surface area (Å²) in [5, 5.41) is 14.5. The normalized spacial score (nSPS) is 16.7. The number of nitro groups is 1. The highest BCUT2D eigenvalue weighted by Crippen LogP contribution is 2.24. The number of hydrogen-bond acceptors (Lipinski definition) is 6. The Hall–Kier alpha value is -2.22. The van der Waals surface area contributed by atoms with Gasteiger partial charge in [-0.15, -0.1) is 0 Å². The van der Waals surface area contributed by atoms with E-state index in [1.807, 2.05) is 25.1 Å². The first-order valence-electron chi connectivity index (χ1n) is 8.46. The summed E-state index contributed by atoms with van der Waals surface area (Å²) in [5.41, 5.74) is 0.829. The zero-order chi connectivity index (χ0) is 17.6. The van der Waals surface area contributed by atoms with Gasteiger partial charge in [0.2, 0.25) is 0 Å². The number of nitro benzene ring substituents is 1. The standard InChI is InChI=1S/C18H23N3O4/c1-14-6-7-18(25-14)17(20-8-10-24-11-9-20)13-19-12-15-4-2-3-5-16(15)21(22)23/h2-7,17,19H,8-13H2,1H3. The van der Waals surface area contributed by atoms with E-state index in [4.69, 9.17) is 9.15 Å². The Kier molecular flexibility index (Phi) is 5.80. The molecule has 1 aliphatic heterocycles. The number of para-hydroxylation sites is 1. The highest BCUT2D eigenvalue weighted by molar-refractivity contribution is 5.39. The van der Waals surface area contributed by atoms with Crippen molar-refractivity contribution in [1.82, 2.24) is 10.2 Å². The Labute approximate surface area is 146 Å². The summed E-state index contributed by atoms with van der Waals surface area (Å²) in [6.07, 6.45) is 0. The summed E-state index contributed by atoms with van der Waals surface area (Å²) < 4.78 is 11.3. The van der Waals surface area contributed by atoms with E-state index >= 15 is 0 Å². The molecule has 1 saturated heterocycles. The van der Waals surface area contributed by atoms with Crippen molar-refractivity contribution >= 4 is 5.69 Å². The second-order valence-electron chi connectivity index (χ2n) is 6.13. The summed E-state index contributed by atoms with van der Waals surface area (Å²) >= 11 is 0. The van der Waals surface area contributed by atoms with Crippen molar-refractivity contribution in [2.75, 3.05) is 32.8 Å². The molecule has 0 radical (unpaired) electrons. The van der Waals surface area contributed by atoms with Crippen LogP contribution in [0.1, 0.15) is 23.1 Å². The molecule has 1 aromatic heterocycles. The molecule has 7 nitrogen and oxygen atoms in total. The number of rotatable bonds is 7. The van der Waals surface area contributed by atoms with Crippen molar-refractivity contribution < 1.29 is 14.1 Å². The average molecular weight is 345 g/mol. The molecular weight excluding hydrogens is 322 g/mol. The molecule has 1 aliphatic rings. The van der Waals surface area contributed by atoms with Crippen molar-refractivity contribution in [3.63, 3.8) is 0 Å². The number of furan rings is 1. The Balaban J connectivity index is 1.68. The van der Waals surface area contributed by atoms with Crippen molar-refractivity contribution in [3.05, 3.63) is 63.6 Å². The Morgan fingerprint density at radius 2 is 2.00 bits per heavy atom. The molecule has 0 spiro atoms. The monoisotopic (exact) mass is 345 g/mol. The van der Waals surface area contributed by atoms with Crippen LogP contribution in [0.25, 0.3) is 0 Å². The topological polar surface area (TPSA) is 80.8 Å². The summed E-state index contributed by atoms with van der Waals surface area (Å²) in [5.74, 6) is 1.79. The summed E-state index contributed by atoms with van der Waals surface area (Å²) in [6.45, 7) is 6.13. The predicted octanol–water partition coefficient (Wildman–Crippen LogP) is 2.66. The van der Waals surface area contributed by atoms with Crippen molar-refractivity contribution in [3.8, 4) is 0 Å². The molecule has 7 heteroatoms. The van der Waals surface area contributed by atoms with Crippen molar-refractivity contribution in [1.29, 1.82) is 0 Å². The molecule has 0 bridgehead atoms. The van der Waals surface area contributed by atoms with Gasteiger partial charge in [-0.3, -0.25) is 15.0 Å². The van der Waals surface area contributed by atoms with Gasteiger partial charge in [0.05, 0.1) is 24.2 Å². The number of ether oxygens (including phenoxy) is 1. The van der Waals surface area contributed by atoms with Crippen LogP contribution in [0.3, 0.4) is 0 Å². The number of hydrogen-bond donors (Lipinski definition) is 1. The van der Waals surface area contributed by atoms with Crippen LogP contribution in [0.5, 0.6) is 0 Å². The van der Waals surface area contributed by atoms with E-state index in [1.165, 1.54) is 6.07 Å². The van der Waals surface area contributed by atoms with Crippen molar-refractivity contribution in [2.45, 2.75) is 19.5 Å². The van der Waals surface area contributed by atoms with Crippen LogP contribution in [0.2, 0.25) is 0 Å². The third-order valence-corrected chi connectivity index (χ3v) is 4.42. The quantitative estimate of drug-likeness (QED) is 0.614. The lowest BCUT2D eigenvalue weighted by Gasteiger charge is -2.33. The van der Waals surface area contributed by atoms with E-state index in [-0.39, 0.29) is 16.7 Å². The smallest absolute Gasteiger partial charge is 0.273 e. The molecular formula is C18H23N3O4. The zero-order valence-corrected chi connectivity index (χ0v) is 14.3. The number of morpholine rings is 1. The number of nitrogens with one attached hydrogen (secondary N) is 1. The van der Waals surface area contributed by atoms with Crippen molar-refractivity contribution in [2.24, 2.45) is 0 Å². The molecule has 25 heavy (non-hydrogen) atoms. The van der Waals surface area contributed by atoms with Gasteiger partial charge in [0.15, 0.2) is 0 Å². The van der Waals surface area contributed by atoms with Crippen LogP contribution < -0.4 is 5.32 Å². The van der Waals surface area contributed by atoms with Crippen LogP contribution in [-0.2, 0) is 11.3 Å². The second-order valence-corrected chi connectivity index (χ2v) is 6.13. The van der Waals surface area contributed by atoms with E-state index in [1.54, 1.807) is 12.1 Å². The van der Waals surface area contributed by atoms with Gasteiger partial charge in [-0.25, -0.2) is 0 Å². The fourth-order valence-corrected chi connectivity index (χ4v) is 3.11. The van der Waals surface area contributed by atoms with E-state index in [0.29, 0.717) is 31.9 Å². The van der Waals surface area contributed by atoms with Gasteiger partial charge in [-0.05, 0) is 19.1 Å². The molecule has 1 aromatic carbocycles. The zero-order valence-electron chi connectivity index (χ0n) is 14.3. The van der Waals surface area contributed by atoms with Crippen LogP contribution >= 0.6 is 0 Å². The Morgan fingerprint density at radius 3 is 2.68 bits per heavy atom. The first-order chi connectivity index (χ1) is 12.1. The van der Waals surface area contributed by atoms with E-state index in [9.17, 15) is 10.1 Å². The fraction of sp³-hybridized carbons (Fsp3) is 0.444. The molecule has 2 heterocycles. The van der Waals surface area contributed by atoms with Gasteiger partial charge >= 0.3 is 0 Å².